The number of hydrogen-bond donors (Lipinski definition) is 1. The van der Waals surface area contributed by atoms with E-state index in [1.54, 1.807) is 17.1 Å². The maximum atomic E-state index is 4.58. The van der Waals surface area contributed by atoms with Gasteiger partial charge >= 0.3 is 0 Å². The third-order valence-corrected chi connectivity index (χ3v) is 3.09. The van der Waals surface area contributed by atoms with Gasteiger partial charge in [-0.15, -0.1) is 0 Å². The maximum Gasteiger partial charge on any atom is 0.199 e. The molecule has 0 unspecified atom stereocenters. The Morgan fingerprint density at radius 2 is 2.26 bits per heavy atom. The predicted octanol–water partition coefficient (Wildman–Crippen LogP) is 2.50. The highest BCUT2D eigenvalue weighted by Gasteiger charge is 2.10. The molecule has 98 valence electrons. The summed E-state index contributed by atoms with van der Waals surface area (Å²) in [7, 11) is 0. The number of aromatic nitrogens is 5. The molecule has 3 heterocycles. The van der Waals surface area contributed by atoms with Crippen LogP contribution in [0.1, 0.15) is 13.3 Å². The SMILES string of the molecule is CCCNc1cn2ccnc2c(-n2cc(Br)cn2)n1. The molecule has 3 aromatic rings. The van der Waals surface area contributed by atoms with Gasteiger partial charge in [0.05, 0.1) is 16.9 Å². The highest BCUT2D eigenvalue weighted by molar-refractivity contribution is 9.10. The van der Waals surface area contributed by atoms with Crippen LogP contribution in [0.4, 0.5) is 5.82 Å². The second-order valence-electron chi connectivity index (χ2n) is 4.14. The van der Waals surface area contributed by atoms with Crippen LogP contribution in [-0.4, -0.2) is 30.7 Å². The van der Waals surface area contributed by atoms with Gasteiger partial charge in [-0.2, -0.15) is 5.10 Å². The molecule has 0 bridgehead atoms. The summed E-state index contributed by atoms with van der Waals surface area (Å²) in [6.45, 7) is 3.00. The zero-order valence-electron chi connectivity index (χ0n) is 10.4. The molecule has 0 fully saturated rings. The molecule has 6 nitrogen and oxygen atoms in total. The summed E-state index contributed by atoms with van der Waals surface area (Å²) in [4.78, 5) is 8.90. The van der Waals surface area contributed by atoms with Crippen molar-refractivity contribution in [2.45, 2.75) is 13.3 Å². The predicted molar refractivity (Wildman–Crippen MR) is 76.6 cm³/mol. The summed E-state index contributed by atoms with van der Waals surface area (Å²) < 4.78 is 4.56. The summed E-state index contributed by atoms with van der Waals surface area (Å²) >= 11 is 3.39. The number of nitrogens with one attached hydrogen (secondary N) is 1. The number of imidazole rings is 1. The van der Waals surface area contributed by atoms with Gasteiger partial charge in [0.25, 0.3) is 0 Å². The van der Waals surface area contributed by atoms with Crippen molar-refractivity contribution >= 4 is 27.4 Å². The topological polar surface area (TPSA) is 60.0 Å². The summed E-state index contributed by atoms with van der Waals surface area (Å²) in [5.41, 5.74) is 0.776. The molecule has 0 radical (unpaired) electrons. The van der Waals surface area contributed by atoms with Crippen LogP contribution in [0, 0.1) is 0 Å². The average Bonchev–Trinajstić information content (AvgIpc) is 3.03. The van der Waals surface area contributed by atoms with Crippen molar-refractivity contribution in [2.75, 3.05) is 11.9 Å². The number of rotatable bonds is 4. The van der Waals surface area contributed by atoms with Crippen molar-refractivity contribution in [1.29, 1.82) is 0 Å². The Labute approximate surface area is 118 Å². The first kappa shape index (κ1) is 12.2. The van der Waals surface area contributed by atoms with Crippen molar-refractivity contribution in [3.63, 3.8) is 0 Å². The molecule has 0 amide bonds. The molecule has 0 spiro atoms. The first-order chi connectivity index (χ1) is 9.28. The largest absolute Gasteiger partial charge is 0.369 e. The molecule has 0 atom stereocenters. The van der Waals surface area contributed by atoms with E-state index in [0.29, 0.717) is 5.82 Å². The zero-order chi connectivity index (χ0) is 13.2. The summed E-state index contributed by atoms with van der Waals surface area (Å²) in [6.07, 6.45) is 10.2. The third-order valence-electron chi connectivity index (χ3n) is 2.68. The average molecular weight is 321 g/mol. The molecular weight excluding hydrogens is 308 g/mol. The fourth-order valence-corrected chi connectivity index (χ4v) is 2.11. The Kier molecular flexibility index (Phi) is 3.20. The maximum absolute atomic E-state index is 4.58. The van der Waals surface area contributed by atoms with Crippen LogP contribution in [0.15, 0.2) is 35.5 Å². The van der Waals surface area contributed by atoms with Crippen LogP contribution >= 0.6 is 15.9 Å². The Morgan fingerprint density at radius 1 is 1.37 bits per heavy atom. The lowest BCUT2D eigenvalue weighted by Gasteiger charge is -2.08. The van der Waals surface area contributed by atoms with Crippen LogP contribution in [-0.2, 0) is 0 Å². The highest BCUT2D eigenvalue weighted by atomic mass is 79.9. The lowest BCUT2D eigenvalue weighted by Crippen LogP contribution is -2.08. The quantitative estimate of drug-likeness (QED) is 0.802. The van der Waals surface area contributed by atoms with Crippen LogP contribution in [0.2, 0.25) is 0 Å². The monoisotopic (exact) mass is 320 g/mol. The molecule has 3 aromatic heterocycles. The van der Waals surface area contributed by atoms with Crippen LogP contribution in [0.3, 0.4) is 0 Å². The van der Waals surface area contributed by atoms with Gasteiger partial charge in [0.15, 0.2) is 11.5 Å². The van der Waals surface area contributed by atoms with E-state index in [9.17, 15) is 0 Å². The smallest absolute Gasteiger partial charge is 0.199 e. The Morgan fingerprint density at radius 3 is 3.00 bits per heavy atom. The van der Waals surface area contributed by atoms with Gasteiger partial charge in [-0.3, -0.25) is 0 Å². The normalized spacial score (nSPS) is 11.1. The minimum absolute atomic E-state index is 0.705. The Balaban J connectivity index is 2.12. The molecule has 1 N–H and O–H groups in total. The molecule has 3 rings (SSSR count). The first-order valence-electron chi connectivity index (χ1n) is 6.06. The fourth-order valence-electron chi connectivity index (χ4n) is 1.82. The van der Waals surface area contributed by atoms with Crippen molar-refractivity contribution in [3.05, 3.63) is 35.5 Å². The summed E-state index contributed by atoms with van der Waals surface area (Å²) in [6, 6.07) is 0. The van der Waals surface area contributed by atoms with E-state index >= 15 is 0 Å². The number of anilines is 1. The Bertz CT molecular complexity index is 701. The molecule has 0 saturated heterocycles. The molecule has 19 heavy (non-hydrogen) atoms. The van der Waals surface area contributed by atoms with Crippen molar-refractivity contribution < 1.29 is 0 Å². The van der Waals surface area contributed by atoms with Gasteiger partial charge in [0.1, 0.15) is 5.82 Å². The number of hydrogen-bond acceptors (Lipinski definition) is 4. The van der Waals surface area contributed by atoms with E-state index in [0.717, 1.165) is 28.9 Å². The van der Waals surface area contributed by atoms with Crippen molar-refractivity contribution in [1.82, 2.24) is 24.1 Å². The van der Waals surface area contributed by atoms with Crippen LogP contribution < -0.4 is 5.32 Å². The van der Waals surface area contributed by atoms with Crippen LogP contribution in [0.25, 0.3) is 11.5 Å². The zero-order valence-corrected chi connectivity index (χ0v) is 12.0. The van der Waals surface area contributed by atoms with Crippen molar-refractivity contribution in [3.8, 4) is 5.82 Å². The minimum Gasteiger partial charge on any atom is -0.369 e. The summed E-state index contributed by atoms with van der Waals surface area (Å²) in [5, 5.41) is 7.54. The molecule has 0 aliphatic rings. The van der Waals surface area contributed by atoms with Crippen LogP contribution in [0.5, 0.6) is 0 Å². The number of halogens is 1. The van der Waals surface area contributed by atoms with E-state index in [1.807, 2.05) is 23.0 Å². The van der Waals surface area contributed by atoms with Gasteiger partial charge < -0.3 is 9.72 Å². The first-order valence-corrected chi connectivity index (χ1v) is 6.85. The van der Waals surface area contributed by atoms with E-state index in [-0.39, 0.29) is 0 Å². The lowest BCUT2D eigenvalue weighted by atomic mass is 10.4. The third kappa shape index (κ3) is 2.33. The van der Waals surface area contributed by atoms with E-state index in [4.69, 9.17) is 0 Å². The highest BCUT2D eigenvalue weighted by Crippen LogP contribution is 2.17. The standard InChI is InChI=1S/C12H13BrN6/c1-2-3-14-10-8-18-5-4-15-11(18)12(17-10)19-7-9(13)6-16-19/h4-8,14H,2-3H2,1H3. The van der Waals surface area contributed by atoms with E-state index < -0.39 is 0 Å². The van der Waals surface area contributed by atoms with E-state index in [2.05, 4.69) is 43.2 Å². The summed E-state index contributed by atoms with van der Waals surface area (Å²) in [5.74, 6) is 1.52. The lowest BCUT2D eigenvalue weighted by molar-refractivity contribution is 0.839. The van der Waals surface area contributed by atoms with Crippen molar-refractivity contribution in [2.24, 2.45) is 0 Å². The number of nitrogens with zero attached hydrogens (tertiary/aromatic N) is 5. The minimum atomic E-state index is 0.705. The van der Waals surface area contributed by atoms with E-state index in [1.165, 1.54) is 0 Å². The molecule has 0 aromatic carbocycles. The molecule has 0 aliphatic heterocycles. The van der Waals surface area contributed by atoms with Gasteiger partial charge in [0.2, 0.25) is 0 Å². The second kappa shape index (κ2) is 5.00. The number of fused-ring (bicyclic) bond motifs is 1. The van der Waals surface area contributed by atoms with Gasteiger partial charge in [-0.25, -0.2) is 14.6 Å². The second-order valence-corrected chi connectivity index (χ2v) is 5.05. The Hall–Kier alpha value is -1.89. The van der Waals surface area contributed by atoms with Gasteiger partial charge in [-0.05, 0) is 22.4 Å². The molecule has 0 saturated carbocycles. The van der Waals surface area contributed by atoms with Gasteiger partial charge in [0, 0.05) is 25.1 Å². The molecule has 7 heteroatoms. The fraction of sp³-hybridized carbons (Fsp3) is 0.250. The van der Waals surface area contributed by atoms with Gasteiger partial charge in [-0.1, -0.05) is 6.92 Å². The molecule has 0 aliphatic carbocycles. The molecular formula is C12H13BrN6.